The molecular weight excluding hydrogens is 277 g/mol. The van der Waals surface area contributed by atoms with E-state index in [4.69, 9.17) is 5.73 Å². The summed E-state index contributed by atoms with van der Waals surface area (Å²) < 4.78 is 38.5. The summed E-state index contributed by atoms with van der Waals surface area (Å²) in [7, 11) is 0. The predicted octanol–water partition coefficient (Wildman–Crippen LogP) is 3.83. The van der Waals surface area contributed by atoms with Crippen LogP contribution < -0.4 is 5.73 Å². The molecule has 21 heavy (non-hydrogen) atoms. The van der Waals surface area contributed by atoms with Gasteiger partial charge >= 0.3 is 6.18 Å². The standard InChI is InChI=1S/C16H23F3N2/c1-2-12-5-4-8-21(11-12)15(10-20)13-6-3-7-14(9-13)16(17,18)19/h3,6-7,9,12,15H,2,4-5,8,10-11,20H2,1H3. The van der Waals surface area contributed by atoms with Gasteiger partial charge in [-0.15, -0.1) is 0 Å². The SMILES string of the molecule is CCC1CCCN(C(CN)c2cccc(C(F)(F)F)c2)C1. The molecule has 2 rings (SSSR count). The van der Waals surface area contributed by atoms with Gasteiger partial charge in [0.2, 0.25) is 0 Å². The van der Waals surface area contributed by atoms with E-state index < -0.39 is 11.7 Å². The number of hydrogen-bond acceptors (Lipinski definition) is 2. The topological polar surface area (TPSA) is 29.3 Å². The molecule has 2 unspecified atom stereocenters. The van der Waals surface area contributed by atoms with Crippen LogP contribution in [0.25, 0.3) is 0 Å². The van der Waals surface area contributed by atoms with E-state index in [2.05, 4.69) is 11.8 Å². The molecule has 1 aliphatic heterocycles. The van der Waals surface area contributed by atoms with Gasteiger partial charge in [0, 0.05) is 19.1 Å². The van der Waals surface area contributed by atoms with Gasteiger partial charge in [0.15, 0.2) is 0 Å². The molecule has 2 nitrogen and oxygen atoms in total. The number of halogens is 3. The summed E-state index contributed by atoms with van der Waals surface area (Å²) in [6.45, 7) is 4.34. The first-order valence-electron chi connectivity index (χ1n) is 7.57. The number of piperidine rings is 1. The highest BCUT2D eigenvalue weighted by Gasteiger charge is 2.32. The van der Waals surface area contributed by atoms with Gasteiger partial charge in [0.25, 0.3) is 0 Å². The number of nitrogens with two attached hydrogens (primary N) is 1. The van der Waals surface area contributed by atoms with E-state index in [1.165, 1.54) is 18.6 Å². The fraction of sp³-hybridized carbons (Fsp3) is 0.625. The van der Waals surface area contributed by atoms with Gasteiger partial charge in [0.05, 0.1) is 5.56 Å². The third-order valence-electron chi connectivity index (χ3n) is 4.39. The molecule has 0 spiro atoms. The third-order valence-corrected chi connectivity index (χ3v) is 4.39. The number of alkyl halides is 3. The van der Waals surface area contributed by atoms with E-state index in [0.29, 0.717) is 18.0 Å². The fourth-order valence-corrected chi connectivity index (χ4v) is 3.13. The third kappa shape index (κ3) is 3.98. The normalized spacial score (nSPS) is 22.2. The van der Waals surface area contributed by atoms with Gasteiger partial charge in [-0.1, -0.05) is 25.5 Å². The first kappa shape index (κ1) is 16.3. The van der Waals surface area contributed by atoms with E-state index in [1.54, 1.807) is 6.07 Å². The van der Waals surface area contributed by atoms with Gasteiger partial charge in [-0.05, 0) is 43.0 Å². The summed E-state index contributed by atoms with van der Waals surface area (Å²) in [6.07, 6.45) is -0.903. The van der Waals surface area contributed by atoms with Crippen molar-refractivity contribution >= 4 is 0 Å². The second kappa shape index (κ2) is 6.79. The number of rotatable bonds is 4. The Kier molecular flexibility index (Phi) is 5.27. The first-order valence-corrected chi connectivity index (χ1v) is 7.57. The lowest BCUT2D eigenvalue weighted by molar-refractivity contribution is -0.137. The Labute approximate surface area is 124 Å². The lowest BCUT2D eigenvalue weighted by atomic mass is 9.92. The maximum Gasteiger partial charge on any atom is 0.416 e. The maximum atomic E-state index is 12.8. The highest BCUT2D eigenvalue weighted by Crippen LogP contribution is 2.33. The first-order chi connectivity index (χ1) is 9.95. The van der Waals surface area contributed by atoms with Gasteiger partial charge in [-0.25, -0.2) is 0 Å². The minimum atomic E-state index is -4.30. The van der Waals surface area contributed by atoms with Gasteiger partial charge in [0.1, 0.15) is 0 Å². The van der Waals surface area contributed by atoms with E-state index in [1.807, 2.05) is 0 Å². The molecule has 1 saturated heterocycles. The van der Waals surface area contributed by atoms with Crippen LogP contribution in [-0.2, 0) is 6.18 Å². The van der Waals surface area contributed by atoms with Crippen LogP contribution in [0.15, 0.2) is 24.3 Å². The largest absolute Gasteiger partial charge is 0.416 e. The molecule has 118 valence electrons. The molecule has 2 N–H and O–H groups in total. The zero-order valence-electron chi connectivity index (χ0n) is 12.4. The van der Waals surface area contributed by atoms with Crippen molar-refractivity contribution in [3.05, 3.63) is 35.4 Å². The van der Waals surface area contributed by atoms with Gasteiger partial charge in [-0.3, -0.25) is 4.90 Å². The molecule has 1 aromatic rings. The maximum absolute atomic E-state index is 12.8. The number of likely N-dealkylation sites (tertiary alicyclic amines) is 1. The monoisotopic (exact) mass is 300 g/mol. The summed E-state index contributed by atoms with van der Waals surface area (Å²) in [5.74, 6) is 0.624. The lowest BCUT2D eigenvalue weighted by Crippen LogP contribution is -2.41. The molecule has 1 fully saturated rings. The van der Waals surface area contributed by atoms with Gasteiger partial charge < -0.3 is 5.73 Å². The van der Waals surface area contributed by atoms with Crippen LogP contribution >= 0.6 is 0 Å². The van der Waals surface area contributed by atoms with Crippen LogP contribution in [0.4, 0.5) is 13.2 Å². The van der Waals surface area contributed by atoms with Crippen molar-refractivity contribution in [1.29, 1.82) is 0 Å². The number of nitrogens with zero attached hydrogens (tertiary/aromatic N) is 1. The van der Waals surface area contributed by atoms with Crippen molar-refractivity contribution in [2.45, 2.75) is 38.4 Å². The zero-order chi connectivity index (χ0) is 15.5. The number of benzene rings is 1. The van der Waals surface area contributed by atoms with Crippen LogP contribution in [-0.4, -0.2) is 24.5 Å². The average Bonchev–Trinajstić information content (AvgIpc) is 2.48. The minimum absolute atomic E-state index is 0.123. The van der Waals surface area contributed by atoms with Crippen LogP contribution in [0.3, 0.4) is 0 Å². The highest BCUT2D eigenvalue weighted by molar-refractivity contribution is 5.28. The lowest BCUT2D eigenvalue weighted by Gasteiger charge is -2.38. The molecule has 0 aliphatic carbocycles. The second-order valence-electron chi connectivity index (χ2n) is 5.79. The van der Waals surface area contributed by atoms with Crippen LogP contribution in [0, 0.1) is 5.92 Å². The summed E-state index contributed by atoms with van der Waals surface area (Å²) in [6, 6.07) is 5.46. The van der Waals surface area contributed by atoms with Crippen molar-refractivity contribution in [2.24, 2.45) is 11.7 Å². The van der Waals surface area contributed by atoms with Gasteiger partial charge in [-0.2, -0.15) is 13.2 Å². The van der Waals surface area contributed by atoms with E-state index in [9.17, 15) is 13.2 Å². The Bertz CT molecular complexity index is 459. The van der Waals surface area contributed by atoms with Crippen molar-refractivity contribution in [3.8, 4) is 0 Å². The molecule has 0 radical (unpaired) electrons. The summed E-state index contributed by atoms with van der Waals surface area (Å²) in [5.41, 5.74) is 5.93. The number of hydrogen-bond donors (Lipinski definition) is 1. The molecule has 1 aromatic carbocycles. The molecule has 5 heteroatoms. The van der Waals surface area contributed by atoms with Crippen molar-refractivity contribution in [2.75, 3.05) is 19.6 Å². The second-order valence-corrected chi connectivity index (χ2v) is 5.79. The molecule has 0 saturated carbocycles. The highest BCUT2D eigenvalue weighted by atomic mass is 19.4. The molecule has 0 amide bonds. The Morgan fingerprint density at radius 1 is 1.38 bits per heavy atom. The fourth-order valence-electron chi connectivity index (χ4n) is 3.13. The smallest absolute Gasteiger partial charge is 0.329 e. The van der Waals surface area contributed by atoms with Crippen LogP contribution in [0.2, 0.25) is 0 Å². The summed E-state index contributed by atoms with van der Waals surface area (Å²) >= 11 is 0. The molecule has 0 aromatic heterocycles. The Morgan fingerprint density at radius 3 is 2.76 bits per heavy atom. The Balaban J connectivity index is 2.21. The summed E-state index contributed by atoms with van der Waals surface area (Å²) in [5, 5.41) is 0. The molecule has 2 atom stereocenters. The van der Waals surface area contributed by atoms with Crippen LogP contribution in [0.5, 0.6) is 0 Å². The quantitative estimate of drug-likeness (QED) is 0.915. The minimum Gasteiger partial charge on any atom is -0.329 e. The average molecular weight is 300 g/mol. The predicted molar refractivity (Wildman–Crippen MR) is 77.8 cm³/mol. The Hall–Kier alpha value is -1.07. The zero-order valence-corrected chi connectivity index (χ0v) is 12.4. The van der Waals surface area contributed by atoms with Crippen molar-refractivity contribution in [3.63, 3.8) is 0 Å². The van der Waals surface area contributed by atoms with E-state index >= 15 is 0 Å². The van der Waals surface area contributed by atoms with Crippen LogP contribution in [0.1, 0.15) is 43.4 Å². The molecule has 1 aliphatic rings. The summed E-state index contributed by atoms with van der Waals surface area (Å²) in [4.78, 5) is 2.24. The Morgan fingerprint density at radius 2 is 2.14 bits per heavy atom. The van der Waals surface area contributed by atoms with E-state index in [-0.39, 0.29) is 6.04 Å². The van der Waals surface area contributed by atoms with Crippen molar-refractivity contribution in [1.82, 2.24) is 4.90 Å². The molecule has 1 heterocycles. The van der Waals surface area contributed by atoms with E-state index in [0.717, 1.165) is 32.0 Å². The molecule has 0 bridgehead atoms. The molecular formula is C16H23F3N2. The van der Waals surface area contributed by atoms with Crippen molar-refractivity contribution < 1.29 is 13.2 Å².